The Morgan fingerprint density at radius 1 is 1.33 bits per heavy atom. The molecule has 0 aliphatic carbocycles. The highest BCUT2D eigenvalue weighted by Gasteiger charge is 1.96. The van der Waals surface area contributed by atoms with E-state index < -0.39 is 0 Å². The van der Waals surface area contributed by atoms with Crippen molar-refractivity contribution in [2.45, 2.75) is 13.8 Å². The molecule has 0 atom stereocenters. The fourth-order valence-electron chi connectivity index (χ4n) is 0.966. The predicted molar refractivity (Wildman–Crippen MR) is 61.7 cm³/mol. The van der Waals surface area contributed by atoms with Crippen LogP contribution >= 0.6 is 0 Å². The second-order valence-corrected chi connectivity index (χ2v) is 3.59. The molecule has 0 fully saturated rings. The molecule has 0 saturated heterocycles. The summed E-state index contributed by atoms with van der Waals surface area (Å²) in [4.78, 5) is 0. The Morgan fingerprint density at radius 2 is 1.93 bits per heavy atom. The number of hydrogen-bond acceptors (Lipinski definition) is 2. The molecule has 0 aliphatic rings. The average molecular weight is 206 g/mol. The molecule has 1 aromatic rings. The molecule has 1 rings (SSSR count). The van der Waals surface area contributed by atoms with Crippen molar-refractivity contribution in [3.63, 3.8) is 0 Å². The zero-order chi connectivity index (χ0) is 11.3. The third kappa shape index (κ3) is 3.94. The maximum Gasteiger partial charge on any atom is 0.123 e. The summed E-state index contributed by atoms with van der Waals surface area (Å²) >= 11 is 0. The zero-order valence-electron chi connectivity index (χ0n) is 8.92. The highest BCUT2D eigenvalue weighted by Crippen LogP contribution is 2.08. The molecule has 1 aromatic carbocycles. The van der Waals surface area contributed by atoms with Crippen molar-refractivity contribution in [1.82, 2.24) is 0 Å². The molecule has 0 spiro atoms. The summed E-state index contributed by atoms with van der Waals surface area (Å²) in [7, 11) is 0. The van der Waals surface area contributed by atoms with Crippen molar-refractivity contribution in [2.24, 2.45) is 5.92 Å². The summed E-state index contributed by atoms with van der Waals surface area (Å²) in [6.45, 7) is 3.93. The van der Waals surface area contributed by atoms with Crippen LogP contribution in [0, 0.1) is 17.1 Å². The van der Waals surface area contributed by atoms with E-state index in [4.69, 9.17) is 5.41 Å². The van der Waals surface area contributed by atoms with Gasteiger partial charge in [0.1, 0.15) is 5.82 Å². The van der Waals surface area contributed by atoms with Crippen LogP contribution in [0.1, 0.15) is 13.8 Å². The second-order valence-electron chi connectivity index (χ2n) is 3.59. The van der Waals surface area contributed by atoms with Crippen LogP contribution in [0.15, 0.2) is 36.5 Å². The van der Waals surface area contributed by atoms with Gasteiger partial charge in [0.25, 0.3) is 0 Å². The topological polar surface area (TPSA) is 35.9 Å². The first-order chi connectivity index (χ1) is 7.09. The lowest BCUT2D eigenvalue weighted by Crippen LogP contribution is -2.02. The molecule has 0 heterocycles. The summed E-state index contributed by atoms with van der Waals surface area (Å²) in [6, 6.07) is 6.09. The molecule has 0 bridgehead atoms. The van der Waals surface area contributed by atoms with Gasteiger partial charge in [-0.2, -0.15) is 0 Å². The minimum absolute atomic E-state index is 0.219. The van der Waals surface area contributed by atoms with E-state index in [0.29, 0.717) is 5.71 Å². The van der Waals surface area contributed by atoms with Crippen LogP contribution in [0.5, 0.6) is 0 Å². The molecular formula is C12H15FN2. The lowest BCUT2D eigenvalue weighted by atomic mass is 10.1. The van der Waals surface area contributed by atoms with Gasteiger partial charge in [-0.3, -0.25) is 0 Å². The van der Waals surface area contributed by atoms with Gasteiger partial charge in [0, 0.05) is 17.6 Å². The van der Waals surface area contributed by atoms with Crippen molar-refractivity contribution in [3.8, 4) is 0 Å². The summed E-state index contributed by atoms with van der Waals surface area (Å²) in [5.41, 5.74) is 1.37. The lowest BCUT2D eigenvalue weighted by Gasteiger charge is -2.02. The largest absolute Gasteiger partial charge is 0.362 e. The molecule has 2 N–H and O–H groups in total. The Kier molecular flexibility index (Phi) is 4.03. The van der Waals surface area contributed by atoms with Gasteiger partial charge >= 0.3 is 0 Å². The fraction of sp³-hybridized carbons (Fsp3) is 0.250. The van der Waals surface area contributed by atoms with Gasteiger partial charge in [-0.15, -0.1) is 0 Å². The number of rotatable bonds is 4. The minimum atomic E-state index is -0.251. The van der Waals surface area contributed by atoms with Crippen molar-refractivity contribution < 1.29 is 4.39 Å². The molecule has 0 aliphatic heterocycles. The summed E-state index contributed by atoms with van der Waals surface area (Å²) in [6.07, 6.45) is 3.39. The van der Waals surface area contributed by atoms with E-state index >= 15 is 0 Å². The molecule has 0 unspecified atom stereocenters. The van der Waals surface area contributed by atoms with Crippen LogP contribution in [0.25, 0.3) is 0 Å². The predicted octanol–water partition coefficient (Wildman–Crippen LogP) is 3.43. The van der Waals surface area contributed by atoms with Crippen LogP contribution in [-0.2, 0) is 0 Å². The Labute approximate surface area is 89.3 Å². The third-order valence-corrected chi connectivity index (χ3v) is 1.98. The monoisotopic (exact) mass is 206 g/mol. The van der Waals surface area contributed by atoms with E-state index in [2.05, 4.69) is 5.32 Å². The number of anilines is 1. The van der Waals surface area contributed by atoms with Crippen molar-refractivity contribution >= 4 is 11.4 Å². The SMILES string of the molecule is CC(C)C(=N)/C=C\Nc1ccc(F)cc1. The van der Waals surface area contributed by atoms with Crippen LogP contribution in [0.3, 0.4) is 0 Å². The highest BCUT2D eigenvalue weighted by molar-refractivity contribution is 5.93. The van der Waals surface area contributed by atoms with Crippen LogP contribution in [0.4, 0.5) is 10.1 Å². The molecule has 0 amide bonds. The fourth-order valence-corrected chi connectivity index (χ4v) is 0.966. The first-order valence-electron chi connectivity index (χ1n) is 4.86. The van der Waals surface area contributed by atoms with Gasteiger partial charge in [-0.25, -0.2) is 4.39 Å². The smallest absolute Gasteiger partial charge is 0.123 e. The maximum atomic E-state index is 12.6. The molecule has 2 nitrogen and oxygen atoms in total. The van der Waals surface area contributed by atoms with Crippen molar-refractivity contribution in [1.29, 1.82) is 5.41 Å². The molecular weight excluding hydrogens is 191 g/mol. The third-order valence-electron chi connectivity index (χ3n) is 1.98. The van der Waals surface area contributed by atoms with Crippen molar-refractivity contribution in [2.75, 3.05) is 5.32 Å². The van der Waals surface area contributed by atoms with E-state index in [0.717, 1.165) is 5.69 Å². The number of halogens is 1. The Bertz CT molecular complexity index is 352. The van der Waals surface area contributed by atoms with E-state index in [1.54, 1.807) is 24.4 Å². The Balaban J connectivity index is 2.50. The summed E-state index contributed by atoms with van der Waals surface area (Å²) in [5, 5.41) is 10.5. The highest BCUT2D eigenvalue weighted by atomic mass is 19.1. The zero-order valence-corrected chi connectivity index (χ0v) is 8.92. The van der Waals surface area contributed by atoms with Crippen LogP contribution in [-0.4, -0.2) is 5.71 Å². The Morgan fingerprint density at radius 3 is 2.47 bits per heavy atom. The number of allylic oxidation sites excluding steroid dienone is 1. The normalized spacial score (nSPS) is 10.9. The van der Waals surface area contributed by atoms with E-state index in [1.807, 2.05) is 13.8 Å². The van der Waals surface area contributed by atoms with Crippen LogP contribution < -0.4 is 5.32 Å². The lowest BCUT2D eigenvalue weighted by molar-refractivity contribution is 0.628. The van der Waals surface area contributed by atoms with Gasteiger partial charge in [0.15, 0.2) is 0 Å². The first-order valence-corrected chi connectivity index (χ1v) is 4.86. The minimum Gasteiger partial charge on any atom is -0.362 e. The van der Waals surface area contributed by atoms with Gasteiger partial charge in [0.2, 0.25) is 0 Å². The van der Waals surface area contributed by atoms with Crippen molar-refractivity contribution in [3.05, 3.63) is 42.4 Å². The number of benzene rings is 1. The Hall–Kier alpha value is -1.64. The summed E-state index contributed by atoms with van der Waals surface area (Å²) < 4.78 is 12.6. The van der Waals surface area contributed by atoms with E-state index in [-0.39, 0.29) is 11.7 Å². The standard InChI is InChI=1S/C12H15FN2/c1-9(2)12(14)7-8-15-11-5-3-10(13)4-6-11/h3-9,14-15H,1-2H3/b8-7-,14-12?. The van der Waals surface area contributed by atoms with Gasteiger partial charge in [-0.05, 0) is 36.3 Å². The molecule has 0 radical (unpaired) electrons. The van der Waals surface area contributed by atoms with Gasteiger partial charge < -0.3 is 10.7 Å². The number of nitrogens with one attached hydrogen (secondary N) is 2. The second kappa shape index (κ2) is 5.29. The molecule has 3 heteroatoms. The van der Waals surface area contributed by atoms with Gasteiger partial charge in [-0.1, -0.05) is 13.8 Å². The number of hydrogen-bond donors (Lipinski definition) is 2. The quantitative estimate of drug-likeness (QED) is 0.727. The average Bonchev–Trinajstić information content (AvgIpc) is 2.20. The molecule has 15 heavy (non-hydrogen) atoms. The van der Waals surface area contributed by atoms with E-state index in [9.17, 15) is 4.39 Å². The maximum absolute atomic E-state index is 12.6. The summed E-state index contributed by atoms with van der Waals surface area (Å²) in [5.74, 6) is -0.0317. The molecule has 0 saturated carbocycles. The van der Waals surface area contributed by atoms with E-state index in [1.165, 1.54) is 12.1 Å². The van der Waals surface area contributed by atoms with Crippen LogP contribution in [0.2, 0.25) is 0 Å². The molecule has 0 aromatic heterocycles. The first kappa shape index (κ1) is 11.4. The van der Waals surface area contributed by atoms with Gasteiger partial charge in [0.05, 0.1) is 0 Å². The molecule has 80 valence electrons.